The van der Waals surface area contributed by atoms with Crippen LogP contribution in [-0.2, 0) is 9.59 Å². The molecule has 1 fully saturated rings. The van der Waals surface area contributed by atoms with Crippen LogP contribution in [0.25, 0.3) is 16.9 Å². The molecule has 0 saturated carbocycles. The topological polar surface area (TPSA) is 113 Å². The van der Waals surface area contributed by atoms with Crippen molar-refractivity contribution in [1.82, 2.24) is 19.6 Å². The van der Waals surface area contributed by atoms with Crippen molar-refractivity contribution >= 4 is 35.1 Å². The number of carbonyl (C=O) groups is 4. The molecule has 2 atom stereocenters. The van der Waals surface area contributed by atoms with E-state index in [0.29, 0.717) is 11.3 Å². The van der Waals surface area contributed by atoms with E-state index in [1.165, 1.54) is 0 Å². The minimum Gasteiger partial charge on any atom is -0.363 e. The van der Waals surface area contributed by atoms with E-state index in [4.69, 9.17) is 4.98 Å². The number of benzene rings is 2. The molecule has 2 aromatic carbocycles. The van der Waals surface area contributed by atoms with Crippen molar-refractivity contribution in [3.05, 3.63) is 88.6 Å². The molecule has 4 aromatic rings. The van der Waals surface area contributed by atoms with E-state index in [1.807, 2.05) is 44.2 Å². The Morgan fingerprint density at radius 2 is 1.69 bits per heavy atom. The zero-order chi connectivity index (χ0) is 27.4. The number of rotatable bonds is 5. The van der Waals surface area contributed by atoms with Gasteiger partial charge in [-0.2, -0.15) is 0 Å². The van der Waals surface area contributed by atoms with E-state index in [0.717, 1.165) is 33.2 Å². The number of aromatic nitrogens is 2. The molecule has 2 N–H and O–H groups in total. The molecule has 0 spiro atoms. The fraction of sp³-hybridized carbons (Fsp3) is 0.233. The van der Waals surface area contributed by atoms with Gasteiger partial charge in [0, 0.05) is 23.7 Å². The van der Waals surface area contributed by atoms with E-state index in [2.05, 4.69) is 34.1 Å². The van der Waals surface area contributed by atoms with Crippen LogP contribution >= 0.6 is 0 Å². The van der Waals surface area contributed by atoms with Gasteiger partial charge < -0.3 is 5.32 Å². The lowest BCUT2D eigenvalue weighted by Crippen LogP contribution is -2.54. The summed E-state index contributed by atoms with van der Waals surface area (Å²) in [5.41, 5.74) is 5.77. The second-order valence-electron chi connectivity index (χ2n) is 10.1. The van der Waals surface area contributed by atoms with Crippen molar-refractivity contribution in [2.75, 3.05) is 5.32 Å². The lowest BCUT2D eigenvalue weighted by molar-refractivity contribution is -0.136. The molecule has 39 heavy (non-hydrogen) atoms. The summed E-state index contributed by atoms with van der Waals surface area (Å²) in [4.78, 5) is 56.6. The lowest BCUT2D eigenvalue weighted by atomic mass is 10.0. The third-order valence-electron chi connectivity index (χ3n) is 7.66. The molecule has 0 bridgehead atoms. The molecule has 0 aliphatic carbocycles. The number of aryl methyl sites for hydroxylation is 2. The lowest BCUT2D eigenvalue weighted by Gasteiger charge is -2.27. The number of imidazole rings is 1. The summed E-state index contributed by atoms with van der Waals surface area (Å²) in [5.74, 6) is -1.34. The van der Waals surface area contributed by atoms with Crippen LogP contribution in [0.15, 0.2) is 60.7 Å². The number of amides is 4. The van der Waals surface area contributed by atoms with Gasteiger partial charge in [-0.15, -0.1) is 0 Å². The first-order chi connectivity index (χ1) is 18.7. The summed E-state index contributed by atoms with van der Waals surface area (Å²) >= 11 is 0. The van der Waals surface area contributed by atoms with E-state index in [-0.39, 0.29) is 30.0 Å². The second kappa shape index (κ2) is 9.20. The van der Waals surface area contributed by atoms with Gasteiger partial charge in [0.2, 0.25) is 11.8 Å². The van der Waals surface area contributed by atoms with Crippen LogP contribution in [0, 0.1) is 13.8 Å². The number of piperidine rings is 1. The highest BCUT2D eigenvalue weighted by Crippen LogP contribution is 2.36. The molecule has 4 amide bonds. The number of nitrogens with zero attached hydrogens (tertiary/aromatic N) is 3. The molecule has 1 saturated heterocycles. The van der Waals surface area contributed by atoms with Gasteiger partial charge in [0.25, 0.3) is 11.8 Å². The highest BCUT2D eigenvalue weighted by atomic mass is 16.2. The minimum atomic E-state index is -1.01. The Kier molecular flexibility index (Phi) is 5.79. The van der Waals surface area contributed by atoms with Gasteiger partial charge in [-0.1, -0.05) is 42.5 Å². The zero-order valence-electron chi connectivity index (χ0n) is 21.8. The van der Waals surface area contributed by atoms with Crippen LogP contribution in [0.2, 0.25) is 0 Å². The molecule has 2 unspecified atom stereocenters. The molecular weight excluding hydrogens is 494 g/mol. The summed E-state index contributed by atoms with van der Waals surface area (Å²) in [6, 6.07) is 18.1. The number of pyridine rings is 1. The van der Waals surface area contributed by atoms with Gasteiger partial charge in [0.05, 0.1) is 11.1 Å². The first-order valence-corrected chi connectivity index (χ1v) is 12.9. The SMILES string of the molecule is Cc1ccc2nc(-c3ccc4c(c3)C(=O)N(C3CCC(=O)NC3=O)C4=O)c(NC(C)c3ccccc3)n2c1C. The maximum absolute atomic E-state index is 13.4. The maximum Gasteiger partial charge on any atom is 0.262 e. The van der Waals surface area contributed by atoms with Gasteiger partial charge in [0.15, 0.2) is 0 Å². The van der Waals surface area contributed by atoms with Gasteiger partial charge in [-0.3, -0.25) is 33.8 Å². The van der Waals surface area contributed by atoms with Gasteiger partial charge in [-0.25, -0.2) is 4.98 Å². The van der Waals surface area contributed by atoms with Crippen LogP contribution in [0.3, 0.4) is 0 Å². The molecule has 2 aromatic heterocycles. The predicted octanol–water partition coefficient (Wildman–Crippen LogP) is 4.19. The molecule has 4 heterocycles. The standard InChI is InChI=1S/C30H27N5O4/c1-16-9-13-24-32-26(27(34(24)18(16)3)31-17(2)19-7-5-4-6-8-19)20-10-11-21-22(15-20)30(39)35(29(21)38)23-12-14-25(36)33-28(23)37/h4-11,13,15,17,23,31H,12,14H2,1-3H3,(H,33,36,37). The number of fused-ring (bicyclic) bond motifs is 2. The average molecular weight is 522 g/mol. The third kappa shape index (κ3) is 3.98. The Morgan fingerprint density at radius 1 is 0.949 bits per heavy atom. The largest absolute Gasteiger partial charge is 0.363 e. The van der Waals surface area contributed by atoms with Crippen molar-refractivity contribution in [2.45, 2.75) is 45.7 Å². The van der Waals surface area contributed by atoms with Gasteiger partial charge in [-0.05, 0) is 56.5 Å². The third-order valence-corrected chi connectivity index (χ3v) is 7.66. The molecule has 6 rings (SSSR count). The maximum atomic E-state index is 13.4. The summed E-state index contributed by atoms with van der Waals surface area (Å²) in [7, 11) is 0. The predicted molar refractivity (Wildman–Crippen MR) is 145 cm³/mol. The Balaban J connectivity index is 1.43. The fourth-order valence-corrected chi connectivity index (χ4v) is 5.37. The summed E-state index contributed by atoms with van der Waals surface area (Å²) in [6.07, 6.45) is 0.184. The Hall–Kier alpha value is -4.79. The van der Waals surface area contributed by atoms with Crippen molar-refractivity contribution in [3.8, 4) is 11.3 Å². The number of hydrogen-bond acceptors (Lipinski definition) is 6. The van der Waals surface area contributed by atoms with E-state index in [1.54, 1.807) is 18.2 Å². The Labute approximate surface area is 224 Å². The summed E-state index contributed by atoms with van der Waals surface area (Å²) in [5, 5.41) is 5.86. The molecule has 2 aliphatic rings. The minimum absolute atomic E-state index is 0.0367. The average Bonchev–Trinajstić information content (AvgIpc) is 3.41. The fourth-order valence-electron chi connectivity index (χ4n) is 5.37. The molecule has 196 valence electrons. The first-order valence-electron chi connectivity index (χ1n) is 12.9. The first kappa shape index (κ1) is 24.5. The van der Waals surface area contributed by atoms with Crippen LogP contribution < -0.4 is 10.6 Å². The quantitative estimate of drug-likeness (QED) is 0.381. The second-order valence-corrected chi connectivity index (χ2v) is 10.1. The molecular formula is C30H27N5O4. The van der Waals surface area contributed by atoms with E-state index in [9.17, 15) is 19.2 Å². The van der Waals surface area contributed by atoms with Crippen LogP contribution in [0.5, 0.6) is 0 Å². The van der Waals surface area contributed by atoms with E-state index >= 15 is 0 Å². The normalized spacial score (nSPS) is 17.9. The van der Waals surface area contributed by atoms with Crippen molar-refractivity contribution in [2.24, 2.45) is 0 Å². The highest BCUT2D eigenvalue weighted by molar-refractivity contribution is 6.23. The number of carbonyl (C=O) groups excluding carboxylic acids is 4. The molecule has 2 aliphatic heterocycles. The van der Waals surface area contributed by atoms with Crippen molar-refractivity contribution in [3.63, 3.8) is 0 Å². The van der Waals surface area contributed by atoms with Crippen LogP contribution in [0.4, 0.5) is 5.82 Å². The number of anilines is 1. The van der Waals surface area contributed by atoms with Crippen molar-refractivity contribution < 1.29 is 19.2 Å². The van der Waals surface area contributed by atoms with Gasteiger partial charge >= 0.3 is 0 Å². The number of imide groups is 2. The van der Waals surface area contributed by atoms with Crippen LogP contribution in [-0.4, -0.2) is 44.0 Å². The molecule has 9 nitrogen and oxygen atoms in total. The monoisotopic (exact) mass is 521 g/mol. The zero-order valence-corrected chi connectivity index (χ0v) is 21.8. The summed E-state index contributed by atoms with van der Waals surface area (Å²) in [6.45, 7) is 6.16. The molecule has 0 radical (unpaired) electrons. The van der Waals surface area contributed by atoms with Crippen molar-refractivity contribution in [1.29, 1.82) is 0 Å². The van der Waals surface area contributed by atoms with Gasteiger partial charge in [0.1, 0.15) is 23.2 Å². The molecule has 9 heteroatoms. The smallest absolute Gasteiger partial charge is 0.262 e. The van der Waals surface area contributed by atoms with Crippen LogP contribution in [0.1, 0.15) is 63.3 Å². The Bertz CT molecular complexity index is 1690. The Morgan fingerprint density at radius 3 is 2.44 bits per heavy atom. The highest BCUT2D eigenvalue weighted by Gasteiger charge is 2.44. The number of nitrogens with one attached hydrogen (secondary N) is 2. The number of hydrogen-bond donors (Lipinski definition) is 2. The summed E-state index contributed by atoms with van der Waals surface area (Å²) < 4.78 is 2.07. The van der Waals surface area contributed by atoms with E-state index < -0.39 is 29.7 Å².